The van der Waals surface area contributed by atoms with E-state index < -0.39 is 0 Å². The molecule has 2 nitrogen and oxygen atoms in total. The average Bonchev–Trinajstić information content (AvgIpc) is 2.29. The molecule has 0 N–H and O–H groups in total. The van der Waals surface area contributed by atoms with Crippen molar-refractivity contribution >= 4 is 0 Å². The molecule has 0 aliphatic heterocycles. The summed E-state index contributed by atoms with van der Waals surface area (Å²) < 4.78 is 5.65. The van der Waals surface area contributed by atoms with Gasteiger partial charge in [-0.1, -0.05) is 32.0 Å². The summed E-state index contributed by atoms with van der Waals surface area (Å²) >= 11 is 0. The summed E-state index contributed by atoms with van der Waals surface area (Å²) in [5, 5.41) is 0. The summed E-state index contributed by atoms with van der Waals surface area (Å²) in [6.07, 6.45) is 0. The average molecular weight is 206 g/mol. The van der Waals surface area contributed by atoms with E-state index in [4.69, 9.17) is 4.74 Å². The molecule has 1 atom stereocenters. The number of para-hydroxylation sites is 1. The van der Waals surface area contributed by atoms with Crippen LogP contribution in [-0.2, 0) is 0 Å². The van der Waals surface area contributed by atoms with Crippen LogP contribution < -0.4 is 4.74 Å². The smallest absolute Gasteiger partial charge is 0.119 e. The molecule has 0 fully saturated rings. The summed E-state index contributed by atoms with van der Waals surface area (Å²) in [7, 11) is 0. The van der Waals surface area contributed by atoms with Crippen LogP contribution in [0.3, 0.4) is 0 Å². The lowest BCUT2D eigenvalue weighted by Crippen LogP contribution is -2.37. The van der Waals surface area contributed by atoms with Crippen molar-refractivity contribution in [3.8, 4) is 5.75 Å². The Labute approximate surface area is 92.9 Å². The molecule has 0 saturated heterocycles. The predicted octanol–water partition coefficient (Wildman–Crippen LogP) is 2.61. The number of benzene rings is 1. The van der Waals surface area contributed by atoms with Crippen molar-refractivity contribution in [1.82, 2.24) is 4.90 Å². The minimum atomic E-state index is 0.222. The molecule has 1 aromatic rings. The molecular formula is C13H20NO. The van der Waals surface area contributed by atoms with E-state index in [2.05, 4.69) is 25.7 Å². The maximum absolute atomic E-state index is 5.65. The third-order valence-corrected chi connectivity index (χ3v) is 2.51. The molecule has 1 unspecified atom stereocenters. The second-order valence-corrected chi connectivity index (χ2v) is 3.50. The van der Waals surface area contributed by atoms with Crippen LogP contribution in [0.1, 0.15) is 13.8 Å². The van der Waals surface area contributed by atoms with Crippen molar-refractivity contribution in [2.45, 2.75) is 19.9 Å². The molecule has 1 rings (SSSR count). The Balaban J connectivity index is 2.36. The third-order valence-electron chi connectivity index (χ3n) is 2.51. The van der Waals surface area contributed by atoms with Crippen LogP contribution in [0.4, 0.5) is 0 Å². The SMILES string of the molecule is [CH2]C(COc1ccccc1)N(CC)CC. The van der Waals surface area contributed by atoms with Gasteiger partial charge in [0.2, 0.25) is 0 Å². The fourth-order valence-electron chi connectivity index (χ4n) is 1.55. The van der Waals surface area contributed by atoms with E-state index in [0.29, 0.717) is 6.61 Å². The largest absolute Gasteiger partial charge is 0.492 e. The molecule has 0 aromatic heterocycles. The first-order valence-corrected chi connectivity index (χ1v) is 5.52. The number of hydrogen-bond acceptors (Lipinski definition) is 2. The van der Waals surface area contributed by atoms with Gasteiger partial charge in [-0.25, -0.2) is 0 Å². The quantitative estimate of drug-likeness (QED) is 0.709. The van der Waals surface area contributed by atoms with Crippen LogP contribution in [0.25, 0.3) is 0 Å². The molecule has 0 saturated carbocycles. The van der Waals surface area contributed by atoms with Gasteiger partial charge in [-0.15, -0.1) is 0 Å². The van der Waals surface area contributed by atoms with Gasteiger partial charge < -0.3 is 4.74 Å². The van der Waals surface area contributed by atoms with Gasteiger partial charge in [0.1, 0.15) is 12.4 Å². The van der Waals surface area contributed by atoms with Crippen molar-refractivity contribution in [2.75, 3.05) is 19.7 Å². The minimum Gasteiger partial charge on any atom is -0.492 e. The van der Waals surface area contributed by atoms with Crippen LogP contribution in [0.15, 0.2) is 30.3 Å². The van der Waals surface area contributed by atoms with Gasteiger partial charge >= 0.3 is 0 Å². The topological polar surface area (TPSA) is 12.5 Å². The Hall–Kier alpha value is -1.02. The molecule has 0 heterocycles. The number of likely N-dealkylation sites (N-methyl/N-ethyl adjacent to an activating group) is 1. The van der Waals surface area contributed by atoms with E-state index >= 15 is 0 Å². The minimum absolute atomic E-state index is 0.222. The molecule has 15 heavy (non-hydrogen) atoms. The van der Waals surface area contributed by atoms with Gasteiger partial charge in [0.25, 0.3) is 0 Å². The number of rotatable bonds is 6. The molecular weight excluding hydrogens is 186 g/mol. The highest BCUT2D eigenvalue weighted by atomic mass is 16.5. The van der Waals surface area contributed by atoms with Crippen molar-refractivity contribution in [3.63, 3.8) is 0 Å². The lowest BCUT2D eigenvalue weighted by molar-refractivity contribution is 0.175. The molecule has 1 aromatic carbocycles. The van der Waals surface area contributed by atoms with Crippen molar-refractivity contribution in [1.29, 1.82) is 0 Å². The molecule has 0 aliphatic rings. The zero-order valence-electron chi connectivity index (χ0n) is 9.65. The Morgan fingerprint density at radius 3 is 2.33 bits per heavy atom. The van der Waals surface area contributed by atoms with Crippen molar-refractivity contribution in [3.05, 3.63) is 37.3 Å². The lowest BCUT2D eigenvalue weighted by atomic mass is 10.3. The van der Waals surface area contributed by atoms with Crippen LogP contribution in [0.5, 0.6) is 5.75 Å². The fourth-order valence-corrected chi connectivity index (χ4v) is 1.55. The Kier molecular flexibility index (Phi) is 5.19. The molecule has 0 amide bonds. The summed E-state index contributed by atoms with van der Waals surface area (Å²) in [5.41, 5.74) is 0. The number of hydrogen-bond donors (Lipinski definition) is 0. The molecule has 0 aliphatic carbocycles. The Morgan fingerprint density at radius 1 is 1.20 bits per heavy atom. The van der Waals surface area contributed by atoms with E-state index in [1.54, 1.807) is 0 Å². The van der Waals surface area contributed by atoms with Crippen LogP contribution in [0.2, 0.25) is 0 Å². The third kappa shape index (κ3) is 3.92. The summed E-state index contributed by atoms with van der Waals surface area (Å²) in [4.78, 5) is 2.28. The van der Waals surface area contributed by atoms with E-state index in [1.807, 2.05) is 30.3 Å². The van der Waals surface area contributed by atoms with Crippen molar-refractivity contribution in [2.24, 2.45) is 0 Å². The number of ether oxygens (including phenoxy) is 1. The van der Waals surface area contributed by atoms with Gasteiger partial charge in [0.05, 0.1) is 0 Å². The molecule has 2 heteroatoms. The predicted molar refractivity (Wildman–Crippen MR) is 64.0 cm³/mol. The molecule has 83 valence electrons. The van der Waals surface area contributed by atoms with E-state index in [0.717, 1.165) is 18.8 Å². The van der Waals surface area contributed by atoms with Crippen LogP contribution in [0, 0.1) is 6.92 Å². The highest BCUT2D eigenvalue weighted by Gasteiger charge is 2.10. The standard InChI is InChI=1S/C13H20NO/c1-4-14(5-2)12(3)11-15-13-9-7-6-8-10-13/h6-10,12H,3-5,11H2,1-2H3. The Bertz CT molecular complexity index is 256. The summed E-state index contributed by atoms with van der Waals surface area (Å²) in [5.74, 6) is 0.915. The zero-order valence-corrected chi connectivity index (χ0v) is 9.65. The summed E-state index contributed by atoms with van der Waals surface area (Å²) in [6.45, 7) is 11.1. The normalized spacial score (nSPS) is 12.8. The van der Waals surface area contributed by atoms with Crippen LogP contribution >= 0.6 is 0 Å². The maximum atomic E-state index is 5.65. The van der Waals surface area contributed by atoms with E-state index in [1.165, 1.54) is 0 Å². The lowest BCUT2D eigenvalue weighted by Gasteiger charge is -2.26. The first-order valence-electron chi connectivity index (χ1n) is 5.52. The fraction of sp³-hybridized carbons (Fsp3) is 0.462. The van der Waals surface area contributed by atoms with Crippen LogP contribution in [-0.4, -0.2) is 30.6 Å². The van der Waals surface area contributed by atoms with Gasteiger partial charge in [-0.2, -0.15) is 0 Å². The monoisotopic (exact) mass is 206 g/mol. The van der Waals surface area contributed by atoms with Gasteiger partial charge in [0.15, 0.2) is 0 Å². The van der Waals surface area contributed by atoms with Gasteiger partial charge in [-0.3, -0.25) is 4.90 Å². The Morgan fingerprint density at radius 2 is 1.80 bits per heavy atom. The number of nitrogens with zero attached hydrogens (tertiary/aromatic N) is 1. The van der Waals surface area contributed by atoms with Gasteiger partial charge in [0, 0.05) is 6.04 Å². The maximum Gasteiger partial charge on any atom is 0.119 e. The molecule has 1 radical (unpaired) electrons. The second-order valence-electron chi connectivity index (χ2n) is 3.50. The zero-order chi connectivity index (χ0) is 11.1. The van der Waals surface area contributed by atoms with Gasteiger partial charge in [-0.05, 0) is 32.1 Å². The highest BCUT2D eigenvalue weighted by molar-refractivity contribution is 5.20. The summed E-state index contributed by atoms with van der Waals surface area (Å²) in [6, 6.07) is 10.1. The second kappa shape index (κ2) is 6.46. The highest BCUT2D eigenvalue weighted by Crippen LogP contribution is 2.09. The molecule has 0 bridgehead atoms. The molecule has 0 spiro atoms. The van der Waals surface area contributed by atoms with E-state index in [-0.39, 0.29) is 6.04 Å². The van der Waals surface area contributed by atoms with E-state index in [9.17, 15) is 0 Å². The van der Waals surface area contributed by atoms with Crippen molar-refractivity contribution < 1.29 is 4.74 Å². The first kappa shape index (κ1) is 12.1. The first-order chi connectivity index (χ1) is 7.27.